The second-order valence-electron chi connectivity index (χ2n) is 5.45. The number of likely N-dealkylation sites (N-methyl/N-ethyl adjacent to an activating group) is 1. The van der Waals surface area contributed by atoms with Gasteiger partial charge in [0.25, 0.3) is 0 Å². The van der Waals surface area contributed by atoms with E-state index in [9.17, 15) is 0 Å². The number of nitrogens with zero attached hydrogens (tertiary/aromatic N) is 1. The molecule has 0 heterocycles. The Bertz CT molecular complexity index is 155. The van der Waals surface area contributed by atoms with Crippen molar-refractivity contribution in [2.75, 3.05) is 39.9 Å². The summed E-state index contributed by atoms with van der Waals surface area (Å²) in [5, 5.41) is 3.49. The van der Waals surface area contributed by atoms with Gasteiger partial charge >= 0.3 is 0 Å². The zero-order valence-corrected chi connectivity index (χ0v) is 11.8. The van der Waals surface area contributed by atoms with Crippen LogP contribution in [-0.4, -0.2) is 50.3 Å². The highest BCUT2D eigenvalue weighted by Crippen LogP contribution is 1.97. The van der Waals surface area contributed by atoms with Crippen LogP contribution in [0.1, 0.15) is 40.5 Å². The first-order valence-corrected chi connectivity index (χ1v) is 6.47. The molecule has 0 saturated carbocycles. The summed E-state index contributed by atoms with van der Waals surface area (Å²) in [6.07, 6.45) is 2.25. The zero-order valence-electron chi connectivity index (χ0n) is 11.8. The maximum atomic E-state index is 5.45. The SMILES string of the molecule is CCCOCCCN(C)CCNC(C)(C)C. The molecule has 0 aromatic carbocycles. The van der Waals surface area contributed by atoms with Gasteiger partial charge in [0.1, 0.15) is 0 Å². The van der Waals surface area contributed by atoms with Gasteiger partial charge in [-0.15, -0.1) is 0 Å². The highest BCUT2D eigenvalue weighted by molar-refractivity contribution is 4.70. The molecule has 0 rings (SSSR count). The van der Waals surface area contributed by atoms with Crippen LogP contribution in [0.3, 0.4) is 0 Å². The summed E-state index contributed by atoms with van der Waals surface area (Å²) in [6, 6.07) is 0. The second kappa shape index (κ2) is 8.97. The first-order valence-electron chi connectivity index (χ1n) is 6.47. The summed E-state index contributed by atoms with van der Waals surface area (Å²) >= 11 is 0. The van der Waals surface area contributed by atoms with Gasteiger partial charge in [-0.05, 0) is 40.7 Å². The number of nitrogens with one attached hydrogen (secondary N) is 1. The summed E-state index contributed by atoms with van der Waals surface area (Å²) in [6.45, 7) is 13.8. The molecule has 1 N–H and O–H groups in total. The van der Waals surface area contributed by atoms with Crippen molar-refractivity contribution < 1.29 is 4.74 Å². The van der Waals surface area contributed by atoms with Crippen molar-refractivity contribution in [1.29, 1.82) is 0 Å². The van der Waals surface area contributed by atoms with Gasteiger partial charge in [-0.3, -0.25) is 0 Å². The van der Waals surface area contributed by atoms with Crippen LogP contribution in [0.4, 0.5) is 0 Å². The largest absolute Gasteiger partial charge is 0.381 e. The molecule has 3 nitrogen and oxygen atoms in total. The lowest BCUT2D eigenvalue weighted by Crippen LogP contribution is -2.40. The summed E-state index contributed by atoms with van der Waals surface area (Å²) in [5.41, 5.74) is 0.227. The summed E-state index contributed by atoms with van der Waals surface area (Å²) < 4.78 is 5.45. The van der Waals surface area contributed by atoms with E-state index in [1.807, 2.05) is 0 Å². The second-order valence-corrected chi connectivity index (χ2v) is 5.45. The van der Waals surface area contributed by atoms with E-state index < -0.39 is 0 Å². The van der Waals surface area contributed by atoms with E-state index in [-0.39, 0.29) is 5.54 Å². The van der Waals surface area contributed by atoms with E-state index >= 15 is 0 Å². The van der Waals surface area contributed by atoms with Crippen LogP contribution in [0.25, 0.3) is 0 Å². The van der Waals surface area contributed by atoms with Crippen LogP contribution in [0, 0.1) is 0 Å². The van der Waals surface area contributed by atoms with Crippen LogP contribution in [0.15, 0.2) is 0 Å². The molecule has 0 radical (unpaired) electrons. The minimum atomic E-state index is 0.227. The van der Waals surface area contributed by atoms with E-state index in [4.69, 9.17) is 4.74 Å². The molecule has 98 valence electrons. The van der Waals surface area contributed by atoms with Crippen LogP contribution >= 0.6 is 0 Å². The molecule has 0 aliphatic carbocycles. The van der Waals surface area contributed by atoms with Crippen molar-refractivity contribution in [2.24, 2.45) is 0 Å². The lowest BCUT2D eigenvalue weighted by molar-refractivity contribution is 0.124. The topological polar surface area (TPSA) is 24.5 Å². The Morgan fingerprint density at radius 2 is 1.81 bits per heavy atom. The number of rotatable bonds is 9. The molecule has 0 saturated heterocycles. The molecule has 0 fully saturated rings. The monoisotopic (exact) mass is 230 g/mol. The lowest BCUT2D eigenvalue weighted by atomic mass is 10.1. The van der Waals surface area contributed by atoms with Gasteiger partial charge in [0.2, 0.25) is 0 Å². The van der Waals surface area contributed by atoms with E-state index in [2.05, 4.69) is 45.0 Å². The molecule has 0 unspecified atom stereocenters. The van der Waals surface area contributed by atoms with E-state index in [1.54, 1.807) is 0 Å². The molecular weight excluding hydrogens is 200 g/mol. The lowest BCUT2D eigenvalue weighted by Gasteiger charge is -2.23. The van der Waals surface area contributed by atoms with Crippen LogP contribution in [-0.2, 0) is 4.74 Å². The average molecular weight is 230 g/mol. The third kappa shape index (κ3) is 12.0. The molecule has 0 aliphatic rings. The van der Waals surface area contributed by atoms with Crippen molar-refractivity contribution in [3.8, 4) is 0 Å². The third-order valence-electron chi connectivity index (χ3n) is 2.33. The smallest absolute Gasteiger partial charge is 0.0478 e. The van der Waals surface area contributed by atoms with E-state index in [1.165, 1.54) is 0 Å². The highest BCUT2D eigenvalue weighted by Gasteiger charge is 2.08. The molecule has 0 amide bonds. The molecule has 0 atom stereocenters. The van der Waals surface area contributed by atoms with Gasteiger partial charge in [0.05, 0.1) is 0 Å². The average Bonchev–Trinajstić information content (AvgIpc) is 2.15. The Morgan fingerprint density at radius 1 is 1.12 bits per heavy atom. The van der Waals surface area contributed by atoms with Gasteiger partial charge in [0, 0.05) is 38.4 Å². The zero-order chi connectivity index (χ0) is 12.4. The fourth-order valence-corrected chi connectivity index (χ4v) is 1.42. The maximum absolute atomic E-state index is 5.45. The van der Waals surface area contributed by atoms with Crippen molar-refractivity contribution in [1.82, 2.24) is 10.2 Å². The minimum absolute atomic E-state index is 0.227. The number of ether oxygens (including phenoxy) is 1. The van der Waals surface area contributed by atoms with Crippen LogP contribution in [0.5, 0.6) is 0 Å². The van der Waals surface area contributed by atoms with Gasteiger partial charge in [-0.25, -0.2) is 0 Å². The highest BCUT2D eigenvalue weighted by atomic mass is 16.5. The summed E-state index contributed by atoms with van der Waals surface area (Å²) in [4.78, 5) is 2.36. The Morgan fingerprint density at radius 3 is 2.38 bits per heavy atom. The normalized spacial score (nSPS) is 12.4. The fraction of sp³-hybridized carbons (Fsp3) is 1.00. The first kappa shape index (κ1) is 15.9. The summed E-state index contributed by atoms with van der Waals surface area (Å²) in [7, 11) is 2.17. The standard InChI is InChI=1S/C13H30N2O/c1-6-11-16-12-7-9-15(5)10-8-14-13(2,3)4/h14H,6-12H2,1-5H3. The molecule has 16 heavy (non-hydrogen) atoms. The van der Waals surface area contributed by atoms with Crippen molar-refractivity contribution in [3.05, 3.63) is 0 Å². The molecule has 0 aromatic heterocycles. The van der Waals surface area contributed by atoms with Gasteiger partial charge in [-0.1, -0.05) is 6.92 Å². The van der Waals surface area contributed by atoms with Gasteiger partial charge < -0.3 is 15.0 Å². The Balaban J connectivity index is 3.28. The predicted octanol–water partition coefficient (Wildman–Crippen LogP) is 2.12. The minimum Gasteiger partial charge on any atom is -0.381 e. The Labute approximate surface area is 102 Å². The molecule has 0 aromatic rings. The van der Waals surface area contributed by atoms with E-state index in [0.717, 1.165) is 45.7 Å². The fourth-order valence-electron chi connectivity index (χ4n) is 1.42. The number of hydrogen-bond donors (Lipinski definition) is 1. The third-order valence-corrected chi connectivity index (χ3v) is 2.33. The molecular formula is C13H30N2O. The van der Waals surface area contributed by atoms with E-state index in [0.29, 0.717) is 0 Å². The quantitative estimate of drug-likeness (QED) is 0.614. The van der Waals surface area contributed by atoms with Crippen molar-refractivity contribution >= 4 is 0 Å². The van der Waals surface area contributed by atoms with Gasteiger partial charge in [0.15, 0.2) is 0 Å². The molecule has 0 bridgehead atoms. The first-order chi connectivity index (χ1) is 7.45. The summed E-state index contributed by atoms with van der Waals surface area (Å²) in [5.74, 6) is 0. The predicted molar refractivity (Wildman–Crippen MR) is 71.0 cm³/mol. The molecule has 0 aliphatic heterocycles. The van der Waals surface area contributed by atoms with Crippen molar-refractivity contribution in [3.63, 3.8) is 0 Å². The van der Waals surface area contributed by atoms with Crippen molar-refractivity contribution in [2.45, 2.75) is 46.1 Å². The maximum Gasteiger partial charge on any atom is 0.0478 e. The van der Waals surface area contributed by atoms with Crippen LogP contribution < -0.4 is 5.32 Å². The number of hydrogen-bond acceptors (Lipinski definition) is 3. The Kier molecular flexibility index (Phi) is 8.90. The molecule has 3 heteroatoms. The van der Waals surface area contributed by atoms with Gasteiger partial charge in [-0.2, -0.15) is 0 Å². The molecule has 0 spiro atoms. The van der Waals surface area contributed by atoms with Crippen LogP contribution in [0.2, 0.25) is 0 Å². The Hall–Kier alpha value is -0.120.